The van der Waals surface area contributed by atoms with E-state index in [4.69, 9.17) is 9.47 Å². The van der Waals surface area contributed by atoms with Crippen LogP contribution in [0.3, 0.4) is 0 Å². The third kappa shape index (κ3) is 6.01. The Hall–Kier alpha value is -2.49. The van der Waals surface area contributed by atoms with Crippen LogP contribution in [0.2, 0.25) is 0 Å². The summed E-state index contributed by atoms with van der Waals surface area (Å²) in [6.07, 6.45) is 3.45. The second-order valence-electron chi connectivity index (χ2n) is 6.61. The minimum absolute atomic E-state index is 0. The van der Waals surface area contributed by atoms with Gasteiger partial charge in [-0.25, -0.2) is 4.39 Å². The van der Waals surface area contributed by atoms with E-state index in [0.29, 0.717) is 13.1 Å². The lowest BCUT2D eigenvalue weighted by Gasteiger charge is -2.14. The minimum Gasteiger partial charge on any atom is -0.497 e. The lowest BCUT2D eigenvalue weighted by Crippen LogP contribution is -2.39. The second-order valence-corrected chi connectivity index (χ2v) is 6.61. The van der Waals surface area contributed by atoms with Gasteiger partial charge in [0.25, 0.3) is 0 Å². The summed E-state index contributed by atoms with van der Waals surface area (Å²) in [5.74, 6) is 2.13. The molecule has 3 N–H and O–H groups in total. The smallest absolute Gasteiger partial charge is 0.190 e. The standard InChI is InChI=1S/C22H27FN4O2.HI/c1-24-22(25-10-8-15-12-18(28-2)5-7-21(15)29-3)26-11-9-16-14-27-20-6-4-17(23)13-19(16)20;/h4-7,12-14,27H,8-11H2,1-3H3,(H2,24,25,26);1H. The molecule has 0 amide bonds. The molecule has 0 saturated carbocycles. The number of guanidine groups is 1. The van der Waals surface area contributed by atoms with Crippen molar-refractivity contribution < 1.29 is 13.9 Å². The van der Waals surface area contributed by atoms with Crippen molar-refractivity contribution in [3.63, 3.8) is 0 Å². The molecular weight excluding hydrogens is 498 g/mol. The summed E-state index contributed by atoms with van der Waals surface area (Å²) in [4.78, 5) is 7.44. The molecule has 0 spiro atoms. The molecule has 162 valence electrons. The topological polar surface area (TPSA) is 70.7 Å². The highest BCUT2D eigenvalue weighted by molar-refractivity contribution is 14.0. The van der Waals surface area contributed by atoms with E-state index < -0.39 is 0 Å². The molecule has 30 heavy (non-hydrogen) atoms. The number of nitrogens with one attached hydrogen (secondary N) is 3. The van der Waals surface area contributed by atoms with Gasteiger partial charge in [0.05, 0.1) is 14.2 Å². The van der Waals surface area contributed by atoms with Crippen LogP contribution >= 0.6 is 24.0 Å². The van der Waals surface area contributed by atoms with E-state index in [0.717, 1.165) is 52.3 Å². The number of ether oxygens (including phenoxy) is 2. The van der Waals surface area contributed by atoms with Crippen LogP contribution in [0.15, 0.2) is 47.6 Å². The molecule has 3 aromatic rings. The first-order chi connectivity index (χ1) is 14.1. The number of hydrogen-bond donors (Lipinski definition) is 3. The average Bonchev–Trinajstić information content (AvgIpc) is 3.14. The molecule has 0 bridgehead atoms. The van der Waals surface area contributed by atoms with E-state index in [-0.39, 0.29) is 29.8 Å². The number of rotatable bonds is 8. The lowest BCUT2D eigenvalue weighted by atomic mass is 10.1. The minimum atomic E-state index is -0.225. The summed E-state index contributed by atoms with van der Waals surface area (Å²) in [5, 5.41) is 7.52. The van der Waals surface area contributed by atoms with Crippen LogP contribution in [0, 0.1) is 5.82 Å². The van der Waals surface area contributed by atoms with Gasteiger partial charge >= 0.3 is 0 Å². The summed E-state index contributed by atoms with van der Waals surface area (Å²) in [6.45, 7) is 1.38. The molecule has 0 fully saturated rings. The van der Waals surface area contributed by atoms with Crippen molar-refractivity contribution in [2.75, 3.05) is 34.4 Å². The average molecular weight is 526 g/mol. The summed E-state index contributed by atoms with van der Waals surface area (Å²) in [5.41, 5.74) is 3.08. The maximum absolute atomic E-state index is 13.5. The Morgan fingerprint density at radius 3 is 2.40 bits per heavy atom. The Kier molecular flexibility index (Phi) is 9.22. The molecule has 1 aromatic heterocycles. The third-order valence-electron chi connectivity index (χ3n) is 4.81. The maximum atomic E-state index is 13.5. The predicted molar refractivity (Wildman–Crippen MR) is 130 cm³/mol. The first-order valence-electron chi connectivity index (χ1n) is 9.55. The molecule has 0 aliphatic heterocycles. The van der Waals surface area contributed by atoms with Gasteiger partial charge in [-0.2, -0.15) is 0 Å². The Morgan fingerprint density at radius 2 is 1.73 bits per heavy atom. The SMILES string of the molecule is CN=C(NCCc1cc(OC)ccc1OC)NCCc1c[nH]c2ccc(F)cc12.I. The summed E-state index contributed by atoms with van der Waals surface area (Å²) < 4.78 is 24.2. The van der Waals surface area contributed by atoms with Crippen LogP contribution in [0.1, 0.15) is 11.1 Å². The number of nitrogens with zero attached hydrogens (tertiary/aromatic N) is 1. The second kappa shape index (κ2) is 11.6. The molecule has 0 aliphatic rings. The molecule has 2 aromatic carbocycles. The molecule has 6 nitrogen and oxygen atoms in total. The molecule has 0 aliphatic carbocycles. The summed E-state index contributed by atoms with van der Waals surface area (Å²) >= 11 is 0. The van der Waals surface area contributed by atoms with Crippen LogP contribution < -0.4 is 20.1 Å². The number of aromatic nitrogens is 1. The molecule has 0 unspecified atom stereocenters. The molecule has 1 heterocycles. The fourth-order valence-corrected chi connectivity index (χ4v) is 3.29. The third-order valence-corrected chi connectivity index (χ3v) is 4.81. The van der Waals surface area contributed by atoms with Crippen molar-refractivity contribution in [2.45, 2.75) is 12.8 Å². The number of H-pyrrole nitrogens is 1. The van der Waals surface area contributed by atoms with Crippen molar-refractivity contribution in [3.05, 3.63) is 59.5 Å². The quantitative estimate of drug-likeness (QED) is 0.237. The van der Waals surface area contributed by atoms with Gasteiger partial charge in [0.15, 0.2) is 5.96 Å². The zero-order valence-electron chi connectivity index (χ0n) is 17.4. The highest BCUT2D eigenvalue weighted by atomic mass is 127. The van der Waals surface area contributed by atoms with E-state index in [2.05, 4.69) is 20.6 Å². The number of aromatic amines is 1. The van der Waals surface area contributed by atoms with Crippen LogP contribution in [0.25, 0.3) is 10.9 Å². The Bertz CT molecular complexity index is 990. The molecule has 0 atom stereocenters. The van der Waals surface area contributed by atoms with Gasteiger partial charge in [-0.05, 0) is 60.4 Å². The largest absolute Gasteiger partial charge is 0.497 e. The van der Waals surface area contributed by atoms with Gasteiger partial charge in [0.1, 0.15) is 17.3 Å². The van der Waals surface area contributed by atoms with Crippen molar-refractivity contribution in [1.29, 1.82) is 0 Å². The van der Waals surface area contributed by atoms with Crippen LogP contribution in [0.4, 0.5) is 4.39 Å². The van der Waals surface area contributed by atoms with Gasteiger partial charge in [0.2, 0.25) is 0 Å². The van der Waals surface area contributed by atoms with E-state index in [1.54, 1.807) is 33.4 Å². The number of aliphatic imine (C=N–C) groups is 1. The van der Waals surface area contributed by atoms with E-state index in [1.807, 2.05) is 24.4 Å². The van der Waals surface area contributed by atoms with E-state index in [1.165, 1.54) is 6.07 Å². The van der Waals surface area contributed by atoms with Crippen LogP contribution in [-0.4, -0.2) is 45.3 Å². The zero-order valence-corrected chi connectivity index (χ0v) is 19.8. The maximum Gasteiger partial charge on any atom is 0.190 e. The van der Waals surface area contributed by atoms with E-state index in [9.17, 15) is 4.39 Å². The molecule has 3 rings (SSSR count). The summed E-state index contributed by atoms with van der Waals surface area (Å²) in [6, 6.07) is 10.6. The molecule has 0 radical (unpaired) electrons. The fourth-order valence-electron chi connectivity index (χ4n) is 3.29. The monoisotopic (exact) mass is 526 g/mol. The van der Waals surface area contributed by atoms with Crippen LogP contribution in [-0.2, 0) is 12.8 Å². The summed E-state index contributed by atoms with van der Waals surface area (Å²) in [7, 11) is 5.05. The molecule has 8 heteroatoms. The fraction of sp³-hybridized carbons (Fsp3) is 0.318. The van der Waals surface area contributed by atoms with Gasteiger partial charge in [0, 0.05) is 37.2 Å². The van der Waals surface area contributed by atoms with Crippen LogP contribution in [0.5, 0.6) is 11.5 Å². The molecule has 0 saturated heterocycles. The van der Waals surface area contributed by atoms with E-state index >= 15 is 0 Å². The normalized spacial score (nSPS) is 11.1. The van der Waals surface area contributed by atoms with Gasteiger partial charge < -0.3 is 25.1 Å². The first kappa shape index (κ1) is 23.8. The number of halogens is 2. The zero-order chi connectivity index (χ0) is 20.6. The van der Waals surface area contributed by atoms with Crippen molar-refractivity contribution in [2.24, 2.45) is 4.99 Å². The first-order valence-corrected chi connectivity index (χ1v) is 9.55. The Balaban J connectivity index is 0.00000320. The molecular formula is C22H28FIN4O2. The predicted octanol–water partition coefficient (Wildman–Crippen LogP) is 3.89. The highest BCUT2D eigenvalue weighted by Crippen LogP contribution is 2.24. The van der Waals surface area contributed by atoms with Gasteiger partial charge in [-0.3, -0.25) is 4.99 Å². The van der Waals surface area contributed by atoms with Gasteiger partial charge in [-0.1, -0.05) is 0 Å². The lowest BCUT2D eigenvalue weighted by molar-refractivity contribution is 0.398. The van der Waals surface area contributed by atoms with Crippen molar-refractivity contribution in [3.8, 4) is 11.5 Å². The number of fused-ring (bicyclic) bond motifs is 1. The van der Waals surface area contributed by atoms with Crippen molar-refractivity contribution >= 4 is 40.8 Å². The number of benzene rings is 2. The van der Waals surface area contributed by atoms with Crippen molar-refractivity contribution in [1.82, 2.24) is 15.6 Å². The number of methoxy groups -OCH3 is 2. The number of hydrogen-bond acceptors (Lipinski definition) is 3. The Labute approximate surface area is 193 Å². The highest BCUT2D eigenvalue weighted by Gasteiger charge is 2.07. The Morgan fingerprint density at radius 1 is 1.00 bits per heavy atom. The van der Waals surface area contributed by atoms with Gasteiger partial charge in [-0.15, -0.1) is 24.0 Å².